The molecule has 0 bridgehead atoms. The Morgan fingerprint density at radius 2 is 1.45 bits per heavy atom. The molecule has 0 unspecified atom stereocenters. The van der Waals surface area contributed by atoms with Gasteiger partial charge in [-0.1, -0.05) is 66.7 Å². The van der Waals surface area contributed by atoms with Crippen LogP contribution < -0.4 is 4.74 Å². The average molecular weight is 445 g/mol. The van der Waals surface area contributed by atoms with Crippen LogP contribution in [-0.4, -0.2) is 56.2 Å². The molecule has 3 aromatic rings. The van der Waals surface area contributed by atoms with E-state index >= 15 is 0 Å². The van der Waals surface area contributed by atoms with Gasteiger partial charge in [0.05, 0.1) is 0 Å². The number of nitrogens with zero attached hydrogens (tertiary/aromatic N) is 2. The Morgan fingerprint density at radius 1 is 0.818 bits per heavy atom. The van der Waals surface area contributed by atoms with Crippen LogP contribution >= 0.6 is 0 Å². The van der Waals surface area contributed by atoms with E-state index in [1.807, 2.05) is 54.6 Å². The second kappa shape index (κ2) is 11.8. The van der Waals surface area contributed by atoms with E-state index in [0.29, 0.717) is 19.4 Å². The van der Waals surface area contributed by atoms with Crippen molar-refractivity contribution in [3.8, 4) is 16.9 Å². The van der Waals surface area contributed by atoms with Gasteiger partial charge in [0.15, 0.2) is 0 Å². The second-order valence-corrected chi connectivity index (χ2v) is 8.73. The minimum absolute atomic E-state index is 0.0929. The van der Waals surface area contributed by atoms with Crippen LogP contribution in [0.5, 0.6) is 5.75 Å². The molecule has 33 heavy (non-hydrogen) atoms. The number of hydrogen-bond donors (Lipinski definition) is 0. The zero-order valence-corrected chi connectivity index (χ0v) is 19.4. The van der Waals surface area contributed by atoms with Crippen molar-refractivity contribution in [2.75, 3.05) is 46.4 Å². The van der Waals surface area contributed by atoms with Crippen molar-refractivity contribution in [1.82, 2.24) is 9.80 Å². The number of hydrogen-bond acceptors (Lipinski definition) is 3. The maximum Gasteiger partial charge on any atom is 0.119 e. The summed E-state index contributed by atoms with van der Waals surface area (Å²) in [5, 5.41) is 0. The molecule has 0 saturated carbocycles. The summed E-state index contributed by atoms with van der Waals surface area (Å²) in [6.45, 7) is 6.16. The molecule has 0 spiro atoms. The predicted molar refractivity (Wildman–Crippen MR) is 134 cm³/mol. The van der Waals surface area contributed by atoms with Gasteiger partial charge in [0.2, 0.25) is 0 Å². The van der Waals surface area contributed by atoms with Gasteiger partial charge in [0.25, 0.3) is 0 Å². The lowest BCUT2D eigenvalue weighted by atomic mass is 10.0. The van der Waals surface area contributed by atoms with Crippen LogP contribution in [0.15, 0.2) is 90.8 Å². The minimum atomic E-state index is -0.0929. The Morgan fingerprint density at radius 3 is 2.12 bits per heavy atom. The van der Waals surface area contributed by atoms with Crippen LogP contribution in [0, 0.1) is 0 Å². The molecule has 0 N–H and O–H groups in total. The maximum absolute atomic E-state index is 14.3. The summed E-state index contributed by atoms with van der Waals surface area (Å²) in [5.41, 5.74) is 4.35. The van der Waals surface area contributed by atoms with Gasteiger partial charge >= 0.3 is 0 Å². The van der Waals surface area contributed by atoms with Gasteiger partial charge in [-0.2, -0.15) is 0 Å². The summed E-state index contributed by atoms with van der Waals surface area (Å²) in [6, 6.07) is 26.3. The van der Waals surface area contributed by atoms with Gasteiger partial charge in [-0.15, -0.1) is 0 Å². The normalized spacial score (nSPS) is 15.5. The smallest absolute Gasteiger partial charge is 0.119 e. The first-order chi connectivity index (χ1) is 16.2. The summed E-state index contributed by atoms with van der Waals surface area (Å²) in [6.07, 6.45) is 2.62. The average Bonchev–Trinajstić information content (AvgIpc) is 2.86. The molecule has 0 radical (unpaired) electrons. The lowest BCUT2D eigenvalue weighted by molar-refractivity contribution is 0.134. The molecule has 0 aliphatic carbocycles. The molecule has 3 nitrogen and oxygen atoms in total. The summed E-state index contributed by atoms with van der Waals surface area (Å²) in [5.74, 6) is 0.805. The van der Waals surface area contributed by atoms with E-state index in [1.54, 1.807) is 6.08 Å². The fourth-order valence-electron chi connectivity index (χ4n) is 4.03. The molecule has 1 saturated heterocycles. The molecule has 1 heterocycles. The summed E-state index contributed by atoms with van der Waals surface area (Å²) >= 11 is 0. The van der Waals surface area contributed by atoms with Gasteiger partial charge in [-0.25, -0.2) is 4.39 Å². The molecule has 0 aromatic heterocycles. The topological polar surface area (TPSA) is 15.7 Å². The first-order valence-electron chi connectivity index (χ1n) is 11.8. The Balaban J connectivity index is 1.25. The van der Waals surface area contributed by atoms with E-state index in [4.69, 9.17) is 4.74 Å². The van der Waals surface area contributed by atoms with E-state index in [2.05, 4.69) is 41.1 Å². The molecule has 172 valence electrons. The van der Waals surface area contributed by atoms with Crippen LogP contribution in [0.4, 0.5) is 4.39 Å². The van der Waals surface area contributed by atoms with Crippen LogP contribution in [0.2, 0.25) is 0 Å². The highest BCUT2D eigenvalue weighted by Gasteiger charge is 2.13. The quantitative estimate of drug-likeness (QED) is 0.426. The Hall–Kier alpha value is -2.95. The maximum atomic E-state index is 14.3. The van der Waals surface area contributed by atoms with Crippen molar-refractivity contribution in [2.24, 2.45) is 0 Å². The lowest BCUT2D eigenvalue weighted by Gasteiger charge is -2.32. The molecule has 4 rings (SSSR count). The lowest BCUT2D eigenvalue weighted by Crippen LogP contribution is -2.45. The first-order valence-corrected chi connectivity index (χ1v) is 11.8. The summed E-state index contributed by atoms with van der Waals surface area (Å²) in [4.78, 5) is 4.82. The van der Waals surface area contributed by atoms with E-state index in [-0.39, 0.29) is 5.83 Å². The third-order valence-corrected chi connectivity index (χ3v) is 6.19. The van der Waals surface area contributed by atoms with Gasteiger partial charge in [0, 0.05) is 39.1 Å². The van der Waals surface area contributed by atoms with Crippen molar-refractivity contribution >= 4 is 0 Å². The van der Waals surface area contributed by atoms with Crippen molar-refractivity contribution in [3.05, 3.63) is 102 Å². The van der Waals surface area contributed by atoms with Crippen LogP contribution in [0.3, 0.4) is 0 Å². The molecule has 1 aliphatic rings. The number of ether oxygens (including phenoxy) is 1. The standard InChI is InChI=1S/C29H33FN2O/c1-31-17-19-32(20-18-31)21-22-33-29-15-12-27(13-16-29)26-10-7-25(8-11-26)23-28(30)14-9-24-5-3-2-4-6-24/h2-8,10-16H,9,17-23H2,1H3. The van der Waals surface area contributed by atoms with Crippen molar-refractivity contribution in [3.63, 3.8) is 0 Å². The summed E-state index contributed by atoms with van der Waals surface area (Å²) in [7, 11) is 2.17. The minimum Gasteiger partial charge on any atom is -0.492 e. The molecular weight excluding hydrogens is 411 g/mol. The number of piperazine rings is 1. The van der Waals surface area contributed by atoms with Gasteiger partial charge in [-0.3, -0.25) is 4.90 Å². The first kappa shape index (κ1) is 23.2. The van der Waals surface area contributed by atoms with E-state index in [1.165, 1.54) is 0 Å². The van der Waals surface area contributed by atoms with Gasteiger partial charge in [-0.05, 0) is 53.9 Å². The molecular formula is C29H33FN2O. The Bertz CT molecular complexity index is 1010. The molecule has 0 atom stereocenters. The largest absolute Gasteiger partial charge is 0.492 e. The Kier molecular flexibility index (Phi) is 8.29. The number of benzene rings is 3. The van der Waals surface area contributed by atoms with Gasteiger partial charge in [0.1, 0.15) is 18.2 Å². The Labute approximate surface area is 197 Å². The highest BCUT2D eigenvalue weighted by Crippen LogP contribution is 2.24. The van der Waals surface area contributed by atoms with Crippen molar-refractivity contribution in [1.29, 1.82) is 0 Å². The molecule has 0 amide bonds. The fourth-order valence-corrected chi connectivity index (χ4v) is 4.03. The van der Waals surface area contributed by atoms with E-state index < -0.39 is 0 Å². The fraction of sp³-hybridized carbons (Fsp3) is 0.310. The highest BCUT2D eigenvalue weighted by atomic mass is 19.1. The van der Waals surface area contributed by atoms with Crippen molar-refractivity contribution in [2.45, 2.75) is 12.8 Å². The zero-order valence-electron chi connectivity index (χ0n) is 19.4. The third kappa shape index (κ3) is 7.28. The number of halogens is 1. The number of rotatable bonds is 9. The van der Waals surface area contributed by atoms with Crippen molar-refractivity contribution < 1.29 is 9.13 Å². The number of allylic oxidation sites excluding steroid dienone is 2. The van der Waals surface area contributed by atoms with Crippen LogP contribution in [0.1, 0.15) is 11.1 Å². The van der Waals surface area contributed by atoms with E-state index in [9.17, 15) is 4.39 Å². The third-order valence-electron chi connectivity index (χ3n) is 6.19. The highest BCUT2D eigenvalue weighted by molar-refractivity contribution is 5.64. The van der Waals surface area contributed by atoms with Crippen LogP contribution in [-0.2, 0) is 12.8 Å². The molecule has 4 heteroatoms. The predicted octanol–water partition coefficient (Wildman–Crippen LogP) is 5.62. The second-order valence-electron chi connectivity index (χ2n) is 8.73. The monoisotopic (exact) mass is 444 g/mol. The molecule has 1 fully saturated rings. The summed E-state index contributed by atoms with van der Waals surface area (Å²) < 4.78 is 20.3. The molecule has 1 aliphatic heterocycles. The SMILES string of the molecule is CN1CCN(CCOc2ccc(-c3ccc(CC(F)=CCc4ccccc4)cc3)cc2)CC1. The zero-order chi connectivity index (χ0) is 22.9. The van der Waals surface area contributed by atoms with Gasteiger partial charge < -0.3 is 9.64 Å². The van der Waals surface area contributed by atoms with Crippen LogP contribution in [0.25, 0.3) is 11.1 Å². The molecule has 3 aromatic carbocycles. The van der Waals surface area contributed by atoms with E-state index in [0.717, 1.165) is 60.7 Å². The number of likely N-dealkylation sites (N-methyl/N-ethyl adjacent to an activating group) is 1.